The first-order valence-corrected chi connectivity index (χ1v) is 8.92. The number of carbonyl (C=O) groups is 2. The molecule has 0 saturated carbocycles. The van der Waals surface area contributed by atoms with E-state index >= 15 is 0 Å². The predicted octanol–water partition coefficient (Wildman–Crippen LogP) is 2.24. The maximum absolute atomic E-state index is 12.8. The molecule has 27 heavy (non-hydrogen) atoms. The van der Waals surface area contributed by atoms with Crippen LogP contribution in [0.15, 0.2) is 18.2 Å². The number of hydrogen-bond acceptors (Lipinski definition) is 6. The van der Waals surface area contributed by atoms with Crippen molar-refractivity contribution in [2.45, 2.75) is 19.3 Å². The summed E-state index contributed by atoms with van der Waals surface area (Å²) in [4.78, 5) is 29.7. The Morgan fingerprint density at radius 1 is 1.41 bits per heavy atom. The van der Waals surface area contributed by atoms with E-state index < -0.39 is 12.0 Å². The van der Waals surface area contributed by atoms with Crippen LogP contribution in [0.5, 0.6) is 0 Å². The topological polar surface area (TPSA) is 92.9 Å². The maximum Gasteiger partial charge on any atom is 0.356 e. The maximum atomic E-state index is 12.8. The van der Waals surface area contributed by atoms with Crippen LogP contribution >= 0.6 is 11.6 Å². The molecule has 0 bridgehead atoms. The van der Waals surface area contributed by atoms with Crippen LogP contribution < -0.4 is 5.32 Å². The molecule has 2 heterocycles. The third-order valence-electron chi connectivity index (χ3n) is 4.57. The van der Waals surface area contributed by atoms with E-state index in [0.717, 1.165) is 0 Å². The molecule has 0 spiro atoms. The van der Waals surface area contributed by atoms with Gasteiger partial charge in [0.25, 0.3) is 0 Å². The van der Waals surface area contributed by atoms with Gasteiger partial charge in [-0.25, -0.2) is 4.79 Å². The third-order valence-corrected chi connectivity index (χ3v) is 4.80. The van der Waals surface area contributed by atoms with E-state index in [2.05, 4.69) is 10.3 Å². The SMILES string of the molecule is COC(=O)c1[nH]c2ccc(Cl)cc2c1NC(=O)[C@@H](C)N(C)CC1OCCO1. The first kappa shape index (κ1) is 19.6. The normalized spacial score (nSPS) is 16.0. The lowest BCUT2D eigenvalue weighted by atomic mass is 10.2. The van der Waals surface area contributed by atoms with Gasteiger partial charge >= 0.3 is 5.97 Å². The van der Waals surface area contributed by atoms with Gasteiger partial charge in [0, 0.05) is 22.5 Å². The molecule has 1 aromatic heterocycles. The van der Waals surface area contributed by atoms with Crippen LogP contribution in [0, 0.1) is 0 Å². The molecule has 0 unspecified atom stereocenters. The van der Waals surface area contributed by atoms with E-state index in [1.807, 2.05) is 11.9 Å². The number of hydrogen-bond donors (Lipinski definition) is 2. The minimum atomic E-state index is -0.577. The number of H-pyrrole nitrogens is 1. The lowest BCUT2D eigenvalue weighted by Crippen LogP contribution is -2.43. The number of rotatable bonds is 6. The second kappa shape index (κ2) is 8.26. The molecule has 1 aromatic carbocycles. The standard InChI is InChI=1S/C18H22ClN3O5/c1-10(22(2)9-14-26-6-7-27-14)17(23)21-15-12-8-11(19)4-5-13(12)20-16(15)18(24)25-3/h4-5,8,10,14,20H,6-7,9H2,1-3H3,(H,21,23)/t10-/m1/s1. The van der Waals surface area contributed by atoms with Crippen molar-refractivity contribution in [3.05, 3.63) is 28.9 Å². The minimum absolute atomic E-state index is 0.167. The smallest absolute Gasteiger partial charge is 0.356 e. The van der Waals surface area contributed by atoms with Crippen LogP contribution in [0.3, 0.4) is 0 Å². The molecule has 9 heteroatoms. The van der Waals surface area contributed by atoms with Crippen LogP contribution in [-0.2, 0) is 19.0 Å². The number of carbonyl (C=O) groups excluding carboxylic acids is 2. The highest BCUT2D eigenvalue weighted by molar-refractivity contribution is 6.31. The van der Waals surface area contributed by atoms with Gasteiger partial charge in [-0.3, -0.25) is 9.69 Å². The number of halogens is 1. The summed E-state index contributed by atoms with van der Waals surface area (Å²) in [6, 6.07) is 4.64. The number of fused-ring (bicyclic) bond motifs is 1. The Hall–Kier alpha value is -2.13. The molecule has 2 N–H and O–H groups in total. The lowest BCUT2D eigenvalue weighted by Gasteiger charge is -2.25. The Balaban J connectivity index is 1.82. The fraction of sp³-hybridized carbons (Fsp3) is 0.444. The van der Waals surface area contributed by atoms with Crippen LogP contribution in [0.4, 0.5) is 5.69 Å². The number of anilines is 1. The first-order valence-electron chi connectivity index (χ1n) is 8.54. The van der Waals surface area contributed by atoms with Crippen LogP contribution in [0.1, 0.15) is 17.4 Å². The Kier molecular flexibility index (Phi) is 6.01. The quantitative estimate of drug-likeness (QED) is 0.729. The number of benzene rings is 1. The monoisotopic (exact) mass is 395 g/mol. The molecule has 0 aliphatic carbocycles. The molecule has 1 fully saturated rings. The van der Waals surface area contributed by atoms with E-state index in [4.69, 9.17) is 25.8 Å². The Morgan fingerprint density at radius 3 is 2.78 bits per heavy atom. The second-order valence-electron chi connectivity index (χ2n) is 6.33. The van der Waals surface area contributed by atoms with Crippen LogP contribution in [0.2, 0.25) is 5.02 Å². The Morgan fingerprint density at radius 2 is 2.11 bits per heavy atom. The average molecular weight is 396 g/mol. The largest absolute Gasteiger partial charge is 0.464 e. The molecule has 1 saturated heterocycles. The van der Waals surface area contributed by atoms with E-state index in [1.165, 1.54) is 7.11 Å². The number of ether oxygens (including phenoxy) is 3. The number of aromatic nitrogens is 1. The zero-order valence-electron chi connectivity index (χ0n) is 15.4. The van der Waals surface area contributed by atoms with E-state index in [1.54, 1.807) is 25.1 Å². The Labute approximate surface area is 161 Å². The van der Waals surface area contributed by atoms with Crippen molar-refractivity contribution in [2.75, 3.05) is 39.2 Å². The zero-order chi connectivity index (χ0) is 19.6. The van der Waals surface area contributed by atoms with Crippen molar-refractivity contribution in [2.24, 2.45) is 0 Å². The Bertz CT molecular complexity index is 847. The molecular weight excluding hydrogens is 374 g/mol. The minimum Gasteiger partial charge on any atom is -0.464 e. The molecule has 1 amide bonds. The van der Waals surface area contributed by atoms with Crippen molar-refractivity contribution < 1.29 is 23.8 Å². The summed E-state index contributed by atoms with van der Waals surface area (Å²) in [6.07, 6.45) is -0.345. The number of nitrogens with zero attached hydrogens (tertiary/aromatic N) is 1. The number of esters is 1. The van der Waals surface area contributed by atoms with E-state index in [9.17, 15) is 9.59 Å². The molecule has 0 radical (unpaired) electrons. The summed E-state index contributed by atoms with van der Waals surface area (Å²) in [6.45, 7) is 3.33. The fourth-order valence-electron chi connectivity index (χ4n) is 2.88. The van der Waals surface area contributed by atoms with Gasteiger partial charge in [-0.15, -0.1) is 0 Å². The number of likely N-dealkylation sites (N-methyl/N-ethyl adjacent to an activating group) is 1. The predicted molar refractivity (Wildman–Crippen MR) is 101 cm³/mol. The fourth-order valence-corrected chi connectivity index (χ4v) is 3.05. The first-order chi connectivity index (χ1) is 12.9. The molecule has 3 rings (SSSR count). The van der Waals surface area contributed by atoms with Gasteiger partial charge in [-0.05, 0) is 32.2 Å². The molecule has 146 valence electrons. The summed E-state index contributed by atoms with van der Waals surface area (Å²) in [5.41, 5.74) is 1.18. The summed E-state index contributed by atoms with van der Waals surface area (Å²) in [7, 11) is 3.09. The summed E-state index contributed by atoms with van der Waals surface area (Å²) >= 11 is 6.08. The van der Waals surface area contributed by atoms with Crippen molar-refractivity contribution in [1.29, 1.82) is 0 Å². The van der Waals surface area contributed by atoms with Crippen molar-refractivity contribution in [3.63, 3.8) is 0 Å². The van der Waals surface area contributed by atoms with Gasteiger partial charge in [0.15, 0.2) is 6.29 Å². The lowest BCUT2D eigenvalue weighted by molar-refractivity contribution is -0.122. The molecule has 2 aromatic rings. The second-order valence-corrected chi connectivity index (χ2v) is 6.77. The third kappa shape index (κ3) is 4.24. The van der Waals surface area contributed by atoms with Crippen LogP contribution in [-0.4, -0.2) is 68.0 Å². The zero-order valence-corrected chi connectivity index (χ0v) is 16.1. The molecule has 1 atom stereocenters. The molecular formula is C18H22ClN3O5. The summed E-state index contributed by atoms with van der Waals surface area (Å²) in [5, 5.41) is 3.96. The van der Waals surface area contributed by atoms with Crippen molar-refractivity contribution in [1.82, 2.24) is 9.88 Å². The number of methoxy groups -OCH3 is 1. The van der Waals surface area contributed by atoms with Gasteiger partial charge in [0.05, 0.1) is 32.1 Å². The molecule has 8 nitrogen and oxygen atoms in total. The van der Waals surface area contributed by atoms with Gasteiger partial charge in [0.2, 0.25) is 5.91 Å². The van der Waals surface area contributed by atoms with Gasteiger partial charge in [-0.2, -0.15) is 0 Å². The van der Waals surface area contributed by atoms with E-state index in [-0.39, 0.29) is 17.9 Å². The van der Waals surface area contributed by atoms with Gasteiger partial charge < -0.3 is 24.5 Å². The van der Waals surface area contributed by atoms with Gasteiger partial charge in [-0.1, -0.05) is 11.6 Å². The van der Waals surface area contributed by atoms with Crippen molar-refractivity contribution >= 4 is 40.1 Å². The average Bonchev–Trinajstić information content (AvgIpc) is 3.28. The highest BCUT2D eigenvalue weighted by atomic mass is 35.5. The molecule has 1 aliphatic heterocycles. The van der Waals surface area contributed by atoms with E-state index in [0.29, 0.717) is 41.4 Å². The van der Waals surface area contributed by atoms with Gasteiger partial charge in [0.1, 0.15) is 5.69 Å². The highest BCUT2D eigenvalue weighted by Gasteiger charge is 2.27. The summed E-state index contributed by atoms with van der Waals surface area (Å²) in [5.74, 6) is -0.854. The number of nitrogens with one attached hydrogen (secondary N) is 2. The number of aromatic amines is 1. The molecule has 1 aliphatic rings. The van der Waals surface area contributed by atoms with Crippen LogP contribution in [0.25, 0.3) is 10.9 Å². The van der Waals surface area contributed by atoms with Crippen molar-refractivity contribution in [3.8, 4) is 0 Å². The number of amides is 1. The highest BCUT2D eigenvalue weighted by Crippen LogP contribution is 2.31. The summed E-state index contributed by atoms with van der Waals surface area (Å²) < 4.78 is 15.7.